The van der Waals surface area contributed by atoms with E-state index in [2.05, 4.69) is 35.2 Å². The monoisotopic (exact) mass is 233 g/mol. The molecule has 2 rings (SSSR count). The van der Waals surface area contributed by atoms with Crippen molar-refractivity contribution in [1.82, 2.24) is 14.5 Å². The lowest BCUT2D eigenvalue weighted by Gasteiger charge is -2.41. The molecule has 1 aromatic rings. The van der Waals surface area contributed by atoms with Gasteiger partial charge in [-0.15, -0.1) is 0 Å². The Labute approximate surface area is 105 Å². The van der Waals surface area contributed by atoms with Crippen LogP contribution in [-0.4, -0.2) is 33.1 Å². The zero-order chi connectivity index (χ0) is 12.5. The minimum absolute atomic E-state index is 0.277. The van der Waals surface area contributed by atoms with Gasteiger partial charge in [-0.3, -0.25) is 4.90 Å². The maximum absolute atomic E-state index is 5.82. The number of hydrogen-bond donors (Lipinski definition) is 0. The van der Waals surface area contributed by atoms with Gasteiger partial charge in [0.1, 0.15) is 5.82 Å². The summed E-state index contributed by atoms with van der Waals surface area (Å²) in [6.07, 6.45) is 6.34. The van der Waals surface area contributed by atoms with Crippen LogP contribution in [0, 0.1) is 12.8 Å². The van der Waals surface area contributed by atoms with Gasteiger partial charge in [-0.25, -0.2) is 4.98 Å². The average molecular weight is 233 g/mol. The van der Waals surface area contributed by atoms with Crippen LogP contribution >= 0.6 is 0 Å². The Hall–Kier alpha value is -0.830. The number of rotatable bonds is 2. The highest BCUT2D eigenvalue weighted by Gasteiger charge is 2.27. The van der Waals surface area contributed by atoms with E-state index in [1.54, 1.807) is 6.20 Å². The zero-order valence-electron chi connectivity index (χ0n) is 11.2. The van der Waals surface area contributed by atoms with Gasteiger partial charge in [0.05, 0.1) is 0 Å². The third-order valence-corrected chi connectivity index (χ3v) is 3.67. The SMILES string of the molecule is [CH]c1nccn1C[C@H]1CCCN(C(C)(C)C)C1. The predicted octanol–water partition coefficient (Wildman–Crippen LogP) is 2.45. The van der Waals surface area contributed by atoms with E-state index in [0.29, 0.717) is 11.7 Å². The van der Waals surface area contributed by atoms with E-state index in [4.69, 9.17) is 6.92 Å². The smallest absolute Gasteiger partial charge is 0.113 e. The summed E-state index contributed by atoms with van der Waals surface area (Å²) in [7, 11) is 0. The van der Waals surface area contributed by atoms with Crippen molar-refractivity contribution < 1.29 is 0 Å². The summed E-state index contributed by atoms with van der Waals surface area (Å²) in [6.45, 7) is 16.1. The molecule has 0 aromatic carbocycles. The van der Waals surface area contributed by atoms with E-state index >= 15 is 0 Å². The second kappa shape index (κ2) is 4.81. The Bertz CT molecular complexity index is 362. The van der Waals surface area contributed by atoms with Crippen molar-refractivity contribution in [1.29, 1.82) is 0 Å². The fourth-order valence-corrected chi connectivity index (χ4v) is 2.60. The summed E-state index contributed by atoms with van der Waals surface area (Å²) >= 11 is 0. The van der Waals surface area contributed by atoms with Crippen molar-refractivity contribution in [2.45, 2.75) is 45.7 Å². The van der Waals surface area contributed by atoms with E-state index in [0.717, 1.165) is 6.54 Å². The van der Waals surface area contributed by atoms with Crippen LogP contribution in [0.15, 0.2) is 12.4 Å². The van der Waals surface area contributed by atoms with Crippen LogP contribution in [0.25, 0.3) is 0 Å². The molecular formula is C14H23N3. The minimum Gasteiger partial charge on any atom is -0.334 e. The highest BCUT2D eigenvalue weighted by atomic mass is 15.2. The summed E-state index contributed by atoms with van der Waals surface area (Å²) < 4.78 is 2.07. The molecule has 1 atom stereocenters. The first-order valence-electron chi connectivity index (χ1n) is 6.48. The van der Waals surface area contributed by atoms with Crippen LogP contribution in [0.2, 0.25) is 0 Å². The van der Waals surface area contributed by atoms with Crippen LogP contribution in [0.5, 0.6) is 0 Å². The van der Waals surface area contributed by atoms with Crippen LogP contribution in [0.4, 0.5) is 0 Å². The van der Waals surface area contributed by atoms with Gasteiger partial charge >= 0.3 is 0 Å². The van der Waals surface area contributed by atoms with Crippen LogP contribution in [0.3, 0.4) is 0 Å². The molecule has 0 aliphatic carbocycles. The number of nitrogens with zero attached hydrogens (tertiary/aromatic N) is 3. The van der Waals surface area contributed by atoms with Gasteiger partial charge in [0, 0.05) is 37.9 Å². The molecule has 2 radical (unpaired) electrons. The van der Waals surface area contributed by atoms with Crippen molar-refractivity contribution in [2.24, 2.45) is 5.92 Å². The Kier molecular flexibility index (Phi) is 3.57. The van der Waals surface area contributed by atoms with Crippen molar-refractivity contribution >= 4 is 0 Å². The van der Waals surface area contributed by atoms with E-state index < -0.39 is 0 Å². The Balaban J connectivity index is 1.96. The molecule has 1 saturated heterocycles. The molecule has 1 aromatic heterocycles. The zero-order valence-corrected chi connectivity index (χ0v) is 11.2. The fourth-order valence-electron chi connectivity index (χ4n) is 2.60. The Morgan fingerprint density at radius 1 is 1.47 bits per heavy atom. The molecule has 94 valence electrons. The average Bonchev–Trinajstić information content (AvgIpc) is 2.64. The summed E-state index contributed by atoms with van der Waals surface area (Å²) in [5.41, 5.74) is 0.277. The maximum Gasteiger partial charge on any atom is 0.113 e. The van der Waals surface area contributed by atoms with E-state index in [1.165, 1.54) is 25.9 Å². The first-order valence-corrected chi connectivity index (χ1v) is 6.48. The molecule has 1 aliphatic heterocycles. The van der Waals surface area contributed by atoms with Gasteiger partial charge in [-0.1, -0.05) is 0 Å². The minimum atomic E-state index is 0.277. The number of hydrogen-bond acceptors (Lipinski definition) is 2. The standard InChI is InChI=1S/C14H23N3/c1-12-15-7-9-16(12)10-13-6-5-8-17(11-13)14(2,3)4/h1,7,9,13H,5-6,8,10-11H2,2-4H3/t13-/m1/s1. The van der Waals surface area contributed by atoms with Crippen LogP contribution < -0.4 is 0 Å². The Morgan fingerprint density at radius 2 is 2.24 bits per heavy atom. The molecule has 0 N–H and O–H groups in total. The summed E-state index contributed by atoms with van der Waals surface area (Å²) in [5.74, 6) is 1.33. The fraction of sp³-hybridized carbons (Fsp3) is 0.714. The topological polar surface area (TPSA) is 21.1 Å². The van der Waals surface area contributed by atoms with Gasteiger partial charge in [0.25, 0.3) is 0 Å². The molecule has 0 bridgehead atoms. The molecule has 0 spiro atoms. The van der Waals surface area contributed by atoms with Crippen molar-refractivity contribution in [2.75, 3.05) is 13.1 Å². The number of aromatic nitrogens is 2. The van der Waals surface area contributed by atoms with Crippen LogP contribution in [-0.2, 0) is 6.54 Å². The quantitative estimate of drug-likeness (QED) is 0.782. The number of imidazole rings is 1. The highest BCUT2D eigenvalue weighted by molar-refractivity contribution is 4.96. The molecular weight excluding hydrogens is 210 g/mol. The largest absolute Gasteiger partial charge is 0.334 e. The lowest BCUT2D eigenvalue weighted by molar-refractivity contribution is 0.0733. The summed E-state index contributed by atoms with van der Waals surface area (Å²) in [6, 6.07) is 0. The molecule has 3 nitrogen and oxygen atoms in total. The van der Waals surface area contributed by atoms with E-state index in [-0.39, 0.29) is 5.54 Å². The van der Waals surface area contributed by atoms with Gasteiger partial charge in [-0.05, 0) is 46.1 Å². The molecule has 2 heterocycles. The maximum atomic E-state index is 5.82. The van der Waals surface area contributed by atoms with E-state index in [9.17, 15) is 0 Å². The lowest BCUT2D eigenvalue weighted by atomic mass is 9.93. The van der Waals surface area contributed by atoms with Gasteiger partial charge < -0.3 is 4.57 Å². The second-order valence-electron chi connectivity index (χ2n) is 6.06. The molecule has 3 heteroatoms. The lowest BCUT2D eigenvalue weighted by Crippen LogP contribution is -2.47. The van der Waals surface area contributed by atoms with Crippen LogP contribution in [0.1, 0.15) is 39.4 Å². The first-order chi connectivity index (χ1) is 7.97. The van der Waals surface area contributed by atoms with Crippen molar-refractivity contribution in [3.8, 4) is 0 Å². The van der Waals surface area contributed by atoms with Crippen molar-refractivity contribution in [3.63, 3.8) is 0 Å². The molecule has 1 fully saturated rings. The van der Waals surface area contributed by atoms with Gasteiger partial charge in [0.15, 0.2) is 0 Å². The third kappa shape index (κ3) is 3.09. The molecule has 0 unspecified atom stereocenters. The summed E-state index contributed by atoms with van der Waals surface area (Å²) in [4.78, 5) is 6.65. The third-order valence-electron chi connectivity index (χ3n) is 3.67. The summed E-state index contributed by atoms with van der Waals surface area (Å²) in [5, 5.41) is 0. The Morgan fingerprint density at radius 3 is 2.82 bits per heavy atom. The molecule has 0 amide bonds. The predicted molar refractivity (Wildman–Crippen MR) is 69.7 cm³/mol. The van der Waals surface area contributed by atoms with Crippen molar-refractivity contribution in [3.05, 3.63) is 25.1 Å². The molecule has 1 aliphatic rings. The van der Waals surface area contributed by atoms with Gasteiger partial charge in [-0.2, -0.15) is 0 Å². The molecule has 17 heavy (non-hydrogen) atoms. The normalized spacial score (nSPS) is 22.9. The second-order valence-corrected chi connectivity index (χ2v) is 6.06. The first kappa shape index (κ1) is 12.6. The highest BCUT2D eigenvalue weighted by Crippen LogP contribution is 2.24. The number of likely N-dealkylation sites (tertiary alicyclic amines) is 1. The van der Waals surface area contributed by atoms with Gasteiger partial charge in [0.2, 0.25) is 0 Å². The molecule has 0 saturated carbocycles. The number of piperidine rings is 1. The van der Waals surface area contributed by atoms with E-state index in [1.807, 2.05) is 6.20 Å².